The lowest BCUT2D eigenvalue weighted by atomic mass is 10.1. The predicted molar refractivity (Wildman–Crippen MR) is 79.4 cm³/mol. The number of methoxy groups -OCH3 is 2. The molecule has 2 aromatic rings. The summed E-state index contributed by atoms with van der Waals surface area (Å²) in [4.78, 5) is 8.69. The lowest BCUT2D eigenvalue weighted by molar-refractivity contribution is 0.355. The van der Waals surface area contributed by atoms with Crippen molar-refractivity contribution < 1.29 is 9.47 Å². The second-order valence-corrected chi connectivity index (χ2v) is 4.26. The van der Waals surface area contributed by atoms with E-state index in [9.17, 15) is 0 Å². The molecule has 20 heavy (non-hydrogen) atoms. The third-order valence-corrected chi connectivity index (χ3v) is 2.87. The fourth-order valence-electron chi connectivity index (χ4n) is 1.84. The molecule has 0 atom stereocenters. The van der Waals surface area contributed by atoms with E-state index in [2.05, 4.69) is 22.2 Å². The van der Waals surface area contributed by atoms with Crippen LogP contribution in [-0.2, 0) is 0 Å². The number of hydrogen-bond donors (Lipinski definition) is 1. The van der Waals surface area contributed by atoms with E-state index < -0.39 is 0 Å². The zero-order valence-corrected chi connectivity index (χ0v) is 12.0. The van der Waals surface area contributed by atoms with Crippen LogP contribution in [0.4, 0.5) is 5.95 Å². The van der Waals surface area contributed by atoms with Crippen LogP contribution in [0.1, 0.15) is 13.3 Å². The van der Waals surface area contributed by atoms with Crippen LogP contribution in [0.3, 0.4) is 0 Å². The standard InChI is InChI=1S/C15H19N3O2/c1-4-8-16-15-17-9-7-12(18-15)11-5-6-13(19-2)14(10-11)20-3/h5-7,9-10H,4,8H2,1-3H3,(H,16,17,18). The molecule has 0 aliphatic heterocycles. The lowest BCUT2D eigenvalue weighted by Gasteiger charge is -2.10. The summed E-state index contributed by atoms with van der Waals surface area (Å²) >= 11 is 0. The normalized spacial score (nSPS) is 10.2. The molecule has 0 fully saturated rings. The number of nitrogens with one attached hydrogen (secondary N) is 1. The van der Waals surface area contributed by atoms with E-state index >= 15 is 0 Å². The van der Waals surface area contributed by atoms with Crippen LogP contribution in [0.25, 0.3) is 11.3 Å². The summed E-state index contributed by atoms with van der Waals surface area (Å²) in [5.74, 6) is 2.03. The molecule has 0 saturated heterocycles. The first-order valence-corrected chi connectivity index (χ1v) is 6.57. The Balaban J connectivity index is 2.31. The van der Waals surface area contributed by atoms with E-state index in [-0.39, 0.29) is 0 Å². The van der Waals surface area contributed by atoms with Crippen LogP contribution in [0.5, 0.6) is 11.5 Å². The van der Waals surface area contributed by atoms with Crippen LogP contribution in [0.15, 0.2) is 30.5 Å². The molecule has 1 aromatic heterocycles. The Morgan fingerprint density at radius 3 is 2.60 bits per heavy atom. The molecule has 1 aromatic carbocycles. The molecule has 2 rings (SSSR count). The molecule has 0 spiro atoms. The van der Waals surface area contributed by atoms with Gasteiger partial charge in [-0.15, -0.1) is 0 Å². The van der Waals surface area contributed by atoms with E-state index in [1.54, 1.807) is 20.4 Å². The van der Waals surface area contributed by atoms with Gasteiger partial charge in [0.05, 0.1) is 19.9 Å². The Morgan fingerprint density at radius 2 is 1.90 bits per heavy atom. The summed E-state index contributed by atoms with van der Waals surface area (Å²) < 4.78 is 10.5. The van der Waals surface area contributed by atoms with Gasteiger partial charge in [0.1, 0.15) is 0 Å². The van der Waals surface area contributed by atoms with Crippen LogP contribution in [0.2, 0.25) is 0 Å². The molecule has 0 bridgehead atoms. The van der Waals surface area contributed by atoms with E-state index in [4.69, 9.17) is 9.47 Å². The van der Waals surface area contributed by atoms with Gasteiger partial charge in [0, 0.05) is 18.3 Å². The molecule has 106 valence electrons. The van der Waals surface area contributed by atoms with Crippen molar-refractivity contribution in [3.63, 3.8) is 0 Å². The van der Waals surface area contributed by atoms with Crippen LogP contribution in [0, 0.1) is 0 Å². The average molecular weight is 273 g/mol. The van der Waals surface area contributed by atoms with Crippen molar-refractivity contribution >= 4 is 5.95 Å². The molecule has 0 aliphatic rings. The highest BCUT2D eigenvalue weighted by molar-refractivity contribution is 5.64. The zero-order valence-electron chi connectivity index (χ0n) is 12.0. The zero-order chi connectivity index (χ0) is 14.4. The average Bonchev–Trinajstić information content (AvgIpc) is 2.52. The van der Waals surface area contributed by atoms with Crippen molar-refractivity contribution in [2.45, 2.75) is 13.3 Å². The molecule has 1 heterocycles. The minimum Gasteiger partial charge on any atom is -0.493 e. The summed E-state index contributed by atoms with van der Waals surface area (Å²) in [6, 6.07) is 7.60. The first-order valence-electron chi connectivity index (χ1n) is 6.57. The quantitative estimate of drug-likeness (QED) is 0.876. The van der Waals surface area contributed by atoms with E-state index in [0.29, 0.717) is 17.4 Å². The molecule has 0 aliphatic carbocycles. The first-order chi connectivity index (χ1) is 9.78. The summed E-state index contributed by atoms with van der Waals surface area (Å²) in [7, 11) is 3.24. The predicted octanol–water partition coefficient (Wildman–Crippen LogP) is 2.98. The first kappa shape index (κ1) is 14.1. The smallest absolute Gasteiger partial charge is 0.223 e. The molecule has 0 amide bonds. The lowest BCUT2D eigenvalue weighted by Crippen LogP contribution is -2.04. The molecular weight excluding hydrogens is 254 g/mol. The van der Waals surface area contributed by atoms with Crippen LogP contribution >= 0.6 is 0 Å². The minimum absolute atomic E-state index is 0.638. The number of aromatic nitrogens is 2. The van der Waals surface area contributed by atoms with Gasteiger partial charge in [0.15, 0.2) is 11.5 Å². The SMILES string of the molecule is CCCNc1nccc(-c2ccc(OC)c(OC)c2)n1. The topological polar surface area (TPSA) is 56.3 Å². The monoisotopic (exact) mass is 273 g/mol. The fourth-order valence-corrected chi connectivity index (χ4v) is 1.84. The number of benzene rings is 1. The Kier molecular flexibility index (Phi) is 4.76. The van der Waals surface area contributed by atoms with E-state index in [1.165, 1.54) is 0 Å². The number of rotatable bonds is 6. The van der Waals surface area contributed by atoms with Gasteiger partial charge in [0.25, 0.3) is 0 Å². The Morgan fingerprint density at radius 1 is 1.10 bits per heavy atom. The highest BCUT2D eigenvalue weighted by Gasteiger charge is 2.07. The van der Waals surface area contributed by atoms with Gasteiger partial charge in [0.2, 0.25) is 5.95 Å². The highest BCUT2D eigenvalue weighted by atomic mass is 16.5. The Bertz CT molecular complexity index is 573. The van der Waals surface area contributed by atoms with Gasteiger partial charge in [-0.3, -0.25) is 0 Å². The fraction of sp³-hybridized carbons (Fsp3) is 0.333. The molecule has 5 heteroatoms. The summed E-state index contributed by atoms with van der Waals surface area (Å²) in [6.07, 6.45) is 2.78. The largest absolute Gasteiger partial charge is 0.493 e. The third-order valence-electron chi connectivity index (χ3n) is 2.87. The maximum Gasteiger partial charge on any atom is 0.223 e. The molecule has 0 unspecified atom stereocenters. The van der Waals surface area contributed by atoms with Crippen molar-refractivity contribution in [2.75, 3.05) is 26.1 Å². The highest BCUT2D eigenvalue weighted by Crippen LogP contribution is 2.31. The van der Waals surface area contributed by atoms with Crippen LogP contribution in [-0.4, -0.2) is 30.7 Å². The third kappa shape index (κ3) is 3.17. The Labute approximate surface area is 119 Å². The maximum absolute atomic E-state index is 5.31. The van der Waals surface area contributed by atoms with Gasteiger partial charge in [-0.1, -0.05) is 6.92 Å². The summed E-state index contributed by atoms with van der Waals surface area (Å²) in [5, 5.41) is 3.18. The number of ether oxygens (including phenoxy) is 2. The van der Waals surface area contributed by atoms with Gasteiger partial charge < -0.3 is 14.8 Å². The van der Waals surface area contributed by atoms with E-state index in [0.717, 1.165) is 24.2 Å². The van der Waals surface area contributed by atoms with Crippen molar-refractivity contribution in [3.05, 3.63) is 30.5 Å². The number of nitrogens with zero attached hydrogens (tertiary/aromatic N) is 2. The van der Waals surface area contributed by atoms with Crippen LogP contribution < -0.4 is 14.8 Å². The summed E-state index contributed by atoms with van der Waals surface area (Å²) in [6.45, 7) is 2.96. The van der Waals surface area contributed by atoms with Crippen molar-refractivity contribution in [2.24, 2.45) is 0 Å². The molecule has 0 saturated carbocycles. The van der Waals surface area contributed by atoms with Gasteiger partial charge in [-0.2, -0.15) is 0 Å². The number of anilines is 1. The van der Waals surface area contributed by atoms with Crippen molar-refractivity contribution in [1.29, 1.82) is 0 Å². The maximum atomic E-state index is 5.31. The summed E-state index contributed by atoms with van der Waals surface area (Å²) in [5.41, 5.74) is 1.81. The van der Waals surface area contributed by atoms with Gasteiger partial charge >= 0.3 is 0 Å². The molecule has 5 nitrogen and oxygen atoms in total. The second-order valence-electron chi connectivity index (χ2n) is 4.26. The van der Waals surface area contributed by atoms with E-state index in [1.807, 2.05) is 24.3 Å². The molecule has 1 N–H and O–H groups in total. The van der Waals surface area contributed by atoms with Crippen molar-refractivity contribution in [3.8, 4) is 22.8 Å². The molecular formula is C15H19N3O2. The van der Waals surface area contributed by atoms with Crippen molar-refractivity contribution in [1.82, 2.24) is 9.97 Å². The molecule has 0 radical (unpaired) electrons. The second kappa shape index (κ2) is 6.75. The van der Waals surface area contributed by atoms with Gasteiger partial charge in [-0.25, -0.2) is 9.97 Å². The Hall–Kier alpha value is -2.30. The minimum atomic E-state index is 0.638. The van der Waals surface area contributed by atoms with Gasteiger partial charge in [-0.05, 0) is 30.7 Å². The number of hydrogen-bond acceptors (Lipinski definition) is 5.